The molecule has 0 aromatic heterocycles. The van der Waals surface area contributed by atoms with Gasteiger partial charge < -0.3 is 0 Å². The van der Waals surface area contributed by atoms with E-state index in [4.69, 9.17) is 16.5 Å². The molecule has 3 nitrogen and oxygen atoms in total. The molecule has 0 amide bonds. The van der Waals surface area contributed by atoms with Crippen molar-refractivity contribution in [2.75, 3.05) is 6.61 Å². The van der Waals surface area contributed by atoms with Crippen LogP contribution in [0.4, 0.5) is 0 Å². The Kier molecular flexibility index (Phi) is 4.46. The lowest BCUT2D eigenvalue weighted by atomic mass is 10.2. The summed E-state index contributed by atoms with van der Waals surface area (Å²) in [5.74, 6) is 0. The molecule has 13 heavy (non-hydrogen) atoms. The lowest BCUT2D eigenvalue weighted by Crippen LogP contribution is -2.02. The van der Waals surface area contributed by atoms with Crippen LogP contribution in [0.1, 0.15) is 5.56 Å². The monoisotopic (exact) mass is 200 g/mol. The molecular weight excluding hydrogens is 192 g/mol. The summed E-state index contributed by atoms with van der Waals surface area (Å²) in [6.07, 6.45) is 0. The van der Waals surface area contributed by atoms with E-state index in [0.717, 1.165) is 5.56 Å². The molecule has 1 rings (SSSR count). The van der Waals surface area contributed by atoms with Crippen LogP contribution in [0.5, 0.6) is 0 Å². The Hall–Kier alpha value is -0.900. The molecule has 0 saturated heterocycles. The van der Waals surface area contributed by atoms with E-state index in [9.17, 15) is 4.79 Å². The van der Waals surface area contributed by atoms with Crippen molar-refractivity contribution < 1.29 is 14.6 Å². The van der Waals surface area contributed by atoms with Gasteiger partial charge in [0.15, 0.2) is 6.61 Å². The summed E-state index contributed by atoms with van der Waals surface area (Å²) >= 11 is 5.02. The van der Waals surface area contributed by atoms with E-state index in [1.807, 2.05) is 30.3 Å². The van der Waals surface area contributed by atoms with Gasteiger partial charge >= 0.3 is 0 Å². The highest BCUT2D eigenvalue weighted by Crippen LogP contribution is 2.00. The summed E-state index contributed by atoms with van der Waals surface area (Å²) in [5, 5.41) is -0.576. The molecule has 0 aliphatic carbocycles. The summed E-state index contributed by atoms with van der Waals surface area (Å²) in [6, 6.07) is 9.49. The van der Waals surface area contributed by atoms with E-state index in [1.54, 1.807) is 0 Å². The summed E-state index contributed by atoms with van der Waals surface area (Å²) in [7, 11) is 0. The van der Waals surface area contributed by atoms with Gasteiger partial charge in [-0.05, 0) is 17.2 Å². The number of hydrogen-bond donors (Lipinski definition) is 0. The Morgan fingerprint density at radius 1 is 1.23 bits per heavy atom. The van der Waals surface area contributed by atoms with Gasteiger partial charge in [-0.2, -0.15) is 0 Å². The topological polar surface area (TPSA) is 35.5 Å². The summed E-state index contributed by atoms with van der Waals surface area (Å²) < 4.78 is 0. The first-order valence-electron chi connectivity index (χ1n) is 3.75. The van der Waals surface area contributed by atoms with Crippen molar-refractivity contribution in [2.24, 2.45) is 0 Å². The van der Waals surface area contributed by atoms with Gasteiger partial charge in [-0.15, -0.1) is 0 Å². The van der Waals surface area contributed by atoms with Crippen LogP contribution in [-0.2, 0) is 21.2 Å². The largest absolute Gasteiger partial charge is 0.279 e. The van der Waals surface area contributed by atoms with Gasteiger partial charge in [0, 0.05) is 0 Å². The van der Waals surface area contributed by atoms with Crippen LogP contribution in [0.25, 0.3) is 0 Å². The summed E-state index contributed by atoms with van der Waals surface area (Å²) in [6.45, 7) is 0.0827. The van der Waals surface area contributed by atoms with Gasteiger partial charge in [-0.3, -0.25) is 4.79 Å². The van der Waals surface area contributed by atoms with Crippen LogP contribution < -0.4 is 0 Å². The maximum absolute atomic E-state index is 10.2. The standard InChI is InChI=1S/C9H9ClO3/c10-9(11)7-13-12-6-8-4-2-1-3-5-8/h1-5H,6-7H2. The Morgan fingerprint density at radius 3 is 2.54 bits per heavy atom. The molecule has 0 atom stereocenters. The fourth-order valence-electron chi connectivity index (χ4n) is 0.772. The van der Waals surface area contributed by atoms with Crippen molar-refractivity contribution in [2.45, 2.75) is 6.61 Å². The molecule has 0 fully saturated rings. The first-order valence-corrected chi connectivity index (χ1v) is 4.13. The summed E-state index contributed by atoms with van der Waals surface area (Å²) in [4.78, 5) is 19.5. The maximum Gasteiger partial charge on any atom is 0.250 e. The van der Waals surface area contributed by atoms with Gasteiger partial charge in [0.2, 0.25) is 0 Å². The lowest BCUT2D eigenvalue weighted by molar-refractivity contribution is -0.296. The minimum Gasteiger partial charge on any atom is -0.279 e. The number of carbonyl (C=O) groups is 1. The second-order valence-electron chi connectivity index (χ2n) is 2.37. The fraction of sp³-hybridized carbons (Fsp3) is 0.222. The van der Waals surface area contributed by atoms with Gasteiger partial charge in [0.05, 0.1) is 0 Å². The Balaban J connectivity index is 2.17. The SMILES string of the molecule is O=C(Cl)COOCc1ccccc1. The quantitative estimate of drug-likeness (QED) is 0.315. The van der Waals surface area contributed by atoms with E-state index in [-0.39, 0.29) is 6.61 Å². The zero-order valence-corrected chi connectivity index (χ0v) is 7.66. The van der Waals surface area contributed by atoms with Crippen LogP contribution in [0.15, 0.2) is 30.3 Å². The Bertz CT molecular complexity index is 261. The minimum absolute atomic E-state index is 0.228. The molecule has 1 aromatic carbocycles. The van der Waals surface area contributed by atoms with Crippen molar-refractivity contribution in [3.63, 3.8) is 0 Å². The molecule has 0 aliphatic rings. The predicted octanol–water partition coefficient (Wildman–Crippen LogP) is 1.90. The smallest absolute Gasteiger partial charge is 0.250 e. The van der Waals surface area contributed by atoms with Crippen LogP contribution in [0.2, 0.25) is 0 Å². The molecule has 70 valence electrons. The average Bonchev–Trinajstić information content (AvgIpc) is 2.14. The molecular formula is C9H9ClO3. The Labute approximate surface area is 81.1 Å². The average molecular weight is 201 g/mol. The predicted molar refractivity (Wildman–Crippen MR) is 48.0 cm³/mol. The molecule has 0 bridgehead atoms. The van der Waals surface area contributed by atoms with E-state index in [2.05, 4.69) is 4.89 Å². The van der Waals surface area contributed by atoms with Crippen LogP contribution in [-0.4, -0.2) is 11.8 Å². The molecule has 0 heterocycles. The van der Waals surface area contributed by atoms with Crippen molar-refractivity contribution in [1.82, 2.24) is 0 Å². The van der Waals surface area contributed by atoms with Crippen molar-refractivity contribution >= 4 is 16.8 Å². The van der Waals surface area contributed by atoms with Crippen molar-refractivity contribution in [3.05, 3.63) is 35.9 Å². The first-order chi connectivity index (χ1) is 6.29. The van der Waals surface area contributed by atoms with Gasteiger partial charge in [0.1, 0.15) is 6.61 Å². The highest BCUT2D eigenvalue weighted by Gasteiger charge is 1.96. The number of carbonyl (C=O) groups excluding carboxylic acids is 1. The van der Waals surface area contributed by atoms with Crippen LogP contribution in [0.3, 0.4) is 0 Å². The molecule has 0 N–H and O–H groups in total. The number of benzene rings is 1. The van der Waals surface area contributed by atoms with Gasteiger partial charge in [-0.25, -0.2) is 9.78 Å². The molecule has 1 aromatic rings. The lowest BCUT2D eigenvalue weighted by Gasteiger charge is -2.00. The second-order valence-corrected chi connectivity index (χ2v) is 2.79. The molecule has 0 aliphatic heterocycles. The number of halogens is 1. The fourth-order valence-corrected chi connectivity index (χ4v) is 0.816. The molecule has 0 spiro atoms. The third-order valence-corrected chi connectivity index (χ3v) is 1.43. The third kappa shape index (κ3) is 4.62. The van der Waals surface area contributed by atoms with E-state index in [1.165, 1.54) is 0 Å². The number of rotatable bonds is 5. The minimum atomic E-state index is -0.576. The van der Waals surface area contributed by atoms with Crippen LogP contribution in [0, 0.1) is 0 Å². The number of hydrogen-bond acceptors (Lipinski definition) is 3. The molecule has 4 heteroatoms. The highest BCUT2D eigenvalue weighted by atomic mass is 35.5. The van der Waals surface area contributed by atoms with Crippen LogP contribution >= 0.6 is 11.6 Å². The molecule has 0 radical (unpaired) electrons. The Morgan fingerprint density at radius 2 is 1.92 bits per heavy atom. The molecule has 0 saturated carbocycles. The van der Waals surface area contributed by atoms with Crippen molar-refractivity contribution in [1.29, 1.82) is 0 Å². The summed E-state index contributed by atoms with van der Waals surface area (Å²) in [5.41, 5.74) is 0.976. The van der Waals surface area contributed by atoms with E-state index >= 15 is 0 Å². The molecule has 0 unspecified atom stereocenters. The second kappa shape index (κ2) is 5.70. The zero-order valence-electron chi connectivity index (χ0n) is 6.90. The highest BCUT2D eigenvalue weighted by molar-refractivity contribution is 6.63. The first kappa shape index (κ1) is 10.2. The van der Waals surface area contributed by atoms with Crippen molar-refractivity contribution in [3.8, 4) is 0 Å². The maximum atomic E-state index is 10.2. The van der Waals surface area contributed by atoms with E-state index < -0.39 is 5.24 Å². The third-order valence-electron chi connectivity index (χ3n) is 1.32. The zero-order chi connectivity index (χ0) is 9.52. The van der Waals surface area contributed by atoms with E-state index in [0.29, 0.717) is 6.61 Å². The van der Waals surface area contributed by atoms with Gasteiger partial charge in [0.25, 0.3) is 5.24 Å². The normalized spacial score (nSPS) is 9.92. The van der Waals surface area contributed by atoms with Gasteiger partial charge in [-0.1, -0.05) is 30.3 Å².